The van der Waals surface area contributed by atoms with E-state index in [9.17, 15) is 14.4 Å². The Labute approximate surface area is 157 Å². The van der Waals surface area contributed by atoms with Crippen LogP contribution < -0.4 is 0 Å². The summed E-state index contributed by atoms with van der Waals surface area (Å²) in [5.41, 5.74) is -2.84. The molecular weight excluding hydrogens is 360 g/mol. The summed E-state index contributed by atoms with van der Waals surface area (Å²) in [5.74, 6) is -0.220. The van der Waals surface area contributed by atoms with Gasteiger partial charge in [-0.25, -0.2) is 9.59 Å². The summed E-state index contributed by atoms with van der Waals surface area (Å²) in [6.45, 7) is 8.90. The zero-order valence-electron chi connectivity index (χ0n) is 16.0. The summed E-state index contributed by atoms with van der Waals surface area (Å²) >= 11 is 1.53. The third-order valence-corrected chi connectivity index (χ3v) is 6.20. The summed E-state index contributed by atoms with van der Waals surface area (Å²) in [6, 6.07) is -0.633. The van der Waals surface area contributed by atoms with E-state index in [0.717, 1.165) is 0 Å². The topological polar surface area (TPSA) is 85.4 Å². The molecule has 3 aliphatic heterocycles. The van der Waals surface area contributed by atoms with Crippen LogP contribution in [0.15, 0.2) is 0 Å². The van der Waals surface area contributed by atoms with Crippen molar-refractivity contribution < 1.29 is 28.6 Å². The number of methoxy groups -OCH3 is 1. The molecule has 0 aromatic heterocycles. The Kier molecular flexibility index (Phi) is 4.46. The molecule has 0 aromatic carbocycles. The molecule has 3 aliphatic rings. The van der Waals surface area contributed by atoms with E-state index in [1.807, 2.05) is 0 Å². The van der Waals surface area contributed by atoms with Crippen molar-refractivity contribution >= 4 is 29.7 Å². The highest BCUT2D eigenvalue weighted by molar-refractivity contribution is 8.00. The molecule has 3 saturated heterocycles. The van der Waals surface area contributed by atoms with Crippen molar-refractivity contribution in [2.24, 2.45) is 0 Å². The van der Waals surface area contributed by atoms with Gasteiger partial charge in [0, 0.05) is 12.2 Å². The molecule has 0 saturated carbocycles. The molecule has 1 unspecified atom stereocenters. The minimum Gasteiger partial charge on any atom is -0.467 e. The van der Waals surface area contributed by atoms with Crippen LogP contribution in [0.1, 0.15) is 41.0 Å². The van der Waals surface area contributed by atoms with Crippen LogP contribution in [0.3, 0.4) is 0 Å². The highest BCUT2D eigenvalue weighted by Gasteiger charge is 2.68. The van der Waals surface area contributed by atoms with Crippen LogP contribution in [-0.4, -0.2) is 75.5 Å². The Hall–Kier alpha value is -1.48. The van der Waals surface area contributed by atoms with Crippen LogP contribution in [0.25, 0.3) is 0 Å². The lowest BCUT2D eigenvalue weighted by molar-refractivity contribution is -0.152. The summed E-state index contributed by atoms with van der Waals surface area (Å²) in [7, 11) is 1.31. The van der Waals surface area contributed by atoms with E-state index in [-0.39, 0.29) is 17.9 Å². The fourth-order valence-electron chi connectivity index (χ4n) is 3.88. The van der Waals surface area contributed by atoms with E-state index in [1.165, 1.54) is 23.8 Å². The quantitative estimate of drug-likeness (QED) is 0.633. The van der Waals surface area contributed by atoms with Gasteiger partial charge >= 0.3 is 12.1 Å². The van der Waals surface area contributed by atoms with E-state index in [0.29, 0.717) is 12.2 Å². The standard InChI is InChI=1S/C17H26N2O6S/c1-15(2,3)25-14(22)19-16(4,5)24-9-17(19)7-11-18(13(17)21)10(8-26-11)12(20)23-6/h10-11H,7-9H2,1-6H3/t10-,11-,17?/m0/s1. The maximum Gasteiger partial charge on any atom is 0.413 e. The maximum absolute atomic E-state index is 13.4. The molecular formula is C17H26N2O6S. The lowest BCUT2D eigenvalue weighted by atomic mass is 9.96. The molecule has 3 atom stereocenters. The zero-order chi connectivity index (χ0) is 19.5. The third-order valence-electron chi connectivity index (χ3n) is 4.92. The van der Waals surface area contributed by atoms with Gasteiger partial charge < -0.3 is 19.1 Å². The first-order chi connectivity index (χ1) is 11.9. The summed E-state index contributed by atoms with van der Waals surface area (Å²) in [4.78, 5) is 41.4. The van der Waals surface area contributed by atoms with Crippen molar-refractivity contribution in [1.29, 1.82) is 0 Å². The van der Waals surface area contributed by atoms with Gasteiger partial charge in [0.15, 0.2) is 5.54 Å². The van der Waals surface area contributed by atoms with E-state index < -0.39 is 35.0 Å². The molecule has 3 rings (SSSR count). The van der Waals surface area contributed by atoms with Crippen molar-refractivity contribution in [2.45, 2.75) is 69.3 Å². The summed E-state index contributed by atoms with van der Waals surface area (Å²) < 4.78 is 16.2. The second-order valence-electron chi connectivity index (χ2n) is 8.33. The first kappa shape index (κ1) is 19.3. The summed E-state index contributed by atoms with van der Waals surface area (Å²) in [5, 5.41) is -0.186. The third kappa shape index (κ3) is 2.85. The normalized spacial score (nSPS) is 32.9. The summed E-state index contributed by atoms with van der Waals surface area (Å²) in [6.07, 6.45) is -0.193. The van der Waals surface area contributed by atoms with Crippen LogP contribution in [0, 0.1) is 0 Å². The van der Waals surface area contributed by atoms with Gasteiger partial charge in [-0.2, -0.15) is 0 Å². The molecule has 0 N–H and O–H groups in total. The van der Waals surface area contributed by atoms with Crippen LogP contribution in [0.2, 0.25) is 0 Å². The van der Waals surface area contributed by atoms with Crippen molar-refractivity contribution in [3.8, 4) is 0 Å². The fourth-order valence-corrected chi connectivity index (χ4v) is 5.38. The van der Waals surface area contributed by atoms with E-state index in [4.69, 9.17) is 14.2 Å². The van der Waals surface area contributed by atoms with Crippen molar-refractivity contribution in [1.82, 2.24) is 9.80 Å². The second kappa shape index (κ2) is 6.02. The molecule has 9 heteroatoms. The van der Waals surface area contributed by atoms with Gasteiger partial charge in [0.2, 0.25) is 0 Å². The SMILES string of the molecule is COC(=O)[C@@H]1CS[C@H]2CC3(COC(C)(C)N3C(=O)OC(C)(C)C)C(=O)N21. The van der Waals surface area contributed by atoms with Crippen molar-refractivity contribution in [3.05, 3.63) is 0 Å². The fraction of sp³-hybridized carbons (Fsp3) is 0.824. The van der Waals surface area contributed by atoms with Crippen LogP contribution in [0.4, 0.5) is 4.79 Å². The molecule has 26 heavy (non-hydrogen) atoms. The largest absolute Gasteiger partial charge is 0.467 e. The van der Waals surface area contributed by atoms with Gasteiger partial charge in [-0.3, -0.25) is 9.69 Å². The average molecular weight is 386 g/mol. The molecule has 0 radical (unpaired) electrons. The Bertz CT molecular complexity index is 646. The molecule has 1 spiro atoms. The lowest BCUT2D eigenvalue weighted by Gasteiger charge is -2.39. The van der Waals surface area contributed by atoms with Gasteiger partial charge in [0.25, 0.3) is 5.91 Å². The van der Waals surface area contributed by atoms with E-state index in [2.05, 4.69) is 0 Å². The number of esters is 1. The Morgan fingerprint density at radius 1 is 1.31 bits per heavy atom. The van der Waals surface area contributed by atoms with Gasteiger partial charge in [0.1, 0.15) is 17.4 Å². The molecule has 3 fully saturated rings. The second-order valence-corrected chi connectivity index (χ2v) is 9.54. The van der Waals surface area contributed by atoms with Gasteiger partial charge in [-0.15, -0.1) is 11.8 Å². The Morgan fingerprint density at radius 2 is 1.96 bits per heavy atom. The molecule has 146 valence electrons. The number of rotatable bonds is 1. The Balaban J connectivity index is 1.95. The number of thioether (sulfide) groups is 1. The van der Waals surface area contributed by atoms with Crippen LogP contribution in [0.5, 0.6) is 0 Å². The smallest absolute Gasteiger partial charge is 0.413 e. The molecule has 2 amide bonds. The minimum absolute atomic E-state index is 0.0829. The van der Waals surface area contributed by atoms with E-state index >= 15 is 0 Å². The molecule has 0 aliphatic carbocycles. The monoisotopic (exact) mass is 386 g/mol. The molecule has 3 heterocycles. The first-order valence-electron chi connectivity index (χ1n) is 8.62. The van der Waals surface area contributed by atoms with Crippen LogP contribution in [-0.2, 0) is 23.8 Å². The lowest BCUT2D eigenvalue weighted by Crippen LogP contribution is -2.61. The van der Waals surface area contributed by atoms with Crippen molar-refractivity contribution in [3.63, 3.8) is 0 Å². The molecule has 0 bridgehead atoms. The number of carbonyl (C=O) groups is 3. The van der Waals surface area contributed by atoms with Gasteiger partial charge in [-0.05, 0) is 34.6 Å². The Morgan fingerprint density at radius 3 is 2.54 bits per heavy atom. The number of hydrogen-bond acceptors (Lipinski definition) is 7. The number of ether oxygens (including phenoxy) is 3. The predicted molar refractivity (Wildman–Crippen MR) is 94.3 cm³/mol. The van der Waals surface area contributed by atoms with Crippen molar-refractivity contribution in [2.75, 3.05) is 19.5 Å². The predicted octanol–water partition coefficient (Wildman–Crippen LogP) is 1.58. The van der Waals surface area contributed by atoms with E-state index in [1.54, 1.807) is 39.5 Å². The van der Waals surface area contributed by atoms with Crippen LogP contribution >= 0.6 is 11.8 Å². The molecule has 8 nitrogen and oxygen atoms in total. The number of fused-ring (bicyclic) bond motifs is 1. The minimum atomic E-state index is -1.16. The average Bonchev–Trinajstić information content (AvgIpc) is 3.11. The maximum atomic E-state index is 13.4. The molecule has 0 aromatic rings. The van der Waals surface area contributed by atoms with Gasteiger partial charge in [-0.1, -0.05) is 0 Å². The highest BCUT2D eigenvalue weighted by Crippen LogP contribution is 2.50. The number of nitrogens with zero attached hydrogens (tertiary/aromatic N) is 2. The number of hydrogen-bond donors (Lipinski definition) is 0. The van der Waals surface area contributed by atoms with Gasteiger partial charge in [0.05, 0.1) is 19.1 Å². The highest BCUT2D eigenvalue weighted by atomic mass is 32.2. The number of amides is 2. The number of carbonyl (C=O) groups excluding carboxylic acids is 3. The first-order valence-corrected chi connectivity index (χ1v) is 9.67. The zero-order valence-corrected chi connectivity index (χ0v) is 16.8.